The first-order valence-corrected chi connectivity index (χ1v) is 10.0. The molecule has 0 bridgehead atoms. The summed E-state index contributed by atoms with van der Waals surface area (Å²) in [6, 6.07) is 14.9. The van der Waals surface area contributed by atoms with Crippen LogP contribution in [0.1, 0.15) is 29.2 Å². The molecular formula is C24H28N2O2. The molecule has 2 aromatic carbocycles. The van der Waals surface area contributed by atoms with E-state index in [9.17, 15) is 4.79 Å². The number of fused-ring (bicyclic) bond motifs is 1. The standard InChI is InChI=1S/C24H28N2O2/c1-16-6-5-7-21(11-16)26-9-8-25(14-19(26)4)15-20-13-23(27)28-22-12-17(2)10-18(3)24(20)22/h5-7,10-13,19H,8-9,14-15H2,1-4H3. The summed E-state index contributed by atoms with van der Waals surface area (Å²) in [5.41, 5.74) is 6.38. The topological polar surface area (TPSA) is 36.7 Å². The molecule has 1 aliphatic heterocycles. The number of benzene rings is 2. The zero-order valence-electron chi connectivity index (χ0n) is 17.2. The molecule has 4 nitrogen and oxygen atoms in total. The fraction of sp³-hybridized carbons (Fsp3) is 0.375. The minimum Gasteiger partial charge on any atom is -0.423 e. The average Bonchev–Trinajstić information content (AvgIpc) is 2.60. The third-order valence-corrected chi connectivity index (χ3v) is 5.71. The van der Waals surface area contributed by atoms with E-state index in [2.05, 4.69) is 60.9 Å². The second kappa shape index (κ2) is 7.44. The zero-order valence-corrected chi connectivity index (χ0v) is 17.2. The molecule has 1 fully saturated rings. The van der Waals surface area contributed by atoms with Gasteiger partial charge in [-0.05, 0) is 68.1 Å². The highest BCUT2D eigenvalue weighted by atomic mass is 16.4. The van der Waals surface area contributed by atoms with Crippen molar-refractivity contribution in [3.05, 3.63) is 75.1 Å². The number of rotatable bonds is 3. The first kappa shape index (κ1) is 18.8. The van der Waals surface area contributed by atoms with E-state index >= 15 is 0 Å². The van der Waals surface area contributed by atoms with Gasteiger partial charge < -0.3 is 9.32 Å². The molecule has 28 heavy (non-hydrogen) atoms. The van der Waals surface area contributed by atoms with E-state index in [1.807, 2.05) is 13.0 Å². The maximum atomic E-state index is 12.1. The molecule has 0 amide bonds. The summed E-state index contributed by atoms with van der Waals surface area (Å²) in [7, 11) is 0. The minimum atomic E-state index is -0.265. The first-order chi connectivity index (χ1) is 13.4. The lowest BCUT2D eigenvalue weighted by atomic mass is 10.0. The van der Waals surface area contributed by atoms with Crippen LogP contribution in [0.5, 0.6) is 0 Å². The summed E-state index contributed by atoms with van der Waals surface area (Å²) in [6.07, 6.45) is 0. The van der Waals surface area contributed by atoms with Crippen LogP contribution in [-0.2, 0) is 6.54 Å². The van der Waals surface area contributed by atoms with Crippen LogP contribution in [0.2, 0.25) is 0 Å². The molecule has 1 aliphatic rings. The molecular weight excluding hydrogens is 348 g/mol. The summed E-state index contributed by atoms with van der Waals surface area (Å²) in [6.45, 7) is 12.3. The molecule has 0 N–H and O–H groups in total. The normalized spacial score (nSPS) is 18.0. The molecule has 3 aromatic rings. The third kappa shape index (κ3) is 3.69. The van der Waals surface area contributed by atoms with Crippen molar-refractivity contribution in [2.24, 2.45) is 0 Å². The van der Waals surface area contributed by atoms with Gasteiger partial charge in [0, 0.05) is 49.4 Å². The van der Waals surface area contributed by atoms with Crippen molar-refractivity contribution in [1.29, 1.82) is 0 Å². The van der Waals surface area contributed by atoms with Crippen LogP contribution in [0.4, 0.5) is 5.69 Å². The lowest BCUT2D eigenvalue weighted by molar-refractivity contribution is 0.221. The molecule has 1 saturated heterocycles. The zero-order chi connectivity index (χ0) is 19.8. The minimum absolute atomic E-state index is 0.265. The van der Waals surface area contributed by atoms with Crippen molar-refractivity contribution < 1.29 is 4.42 Å². The molecule has 2 heterocycles. The molecule has 4 rings (SSSR count). The molecule has 0 radical (unpaired) electrons. The van der Waals surface area contributed by atoms with E-state index in [4.69, 9.17) is 4.42 Å². The monoisotopic (exact) mass is 376 g/mol. The highest BCUT2D eigenvalue weighted by Gasteiger charge is 2.24. The van der Waals surface area contributed by atoms with Crippen molar-refractivity contribution in [2.75, 3.05) is 24.5 Å². The van der Waals surface area contributed by atoms with Crippen LogP contribution in [0.25, 0.3) is 11.0 Å². The average molecular weight is 377 g/mol. The Morgan fingerprint density at radius 2 is 1.86 bits per heavy atom. The summed E-state index contributed by atoms with van der Waals surface area (Å²) in [5, 5.41) is 1.08. The Labute approximate surface area is 166 Å². The smallest absolute Gasteiger partial charge is 0.336 e. The predicted molar refractivity (Wildman–Crippen MR) is 115 cm³/mol. The lowest BCUT2D eigenvalue weighted by Crippen LogP contribution is -2.51. The SMILES string of the molecule is Cc1cccc(N2CCN(Cc3cc(=O)oc4cc(C)cc(C)c34)CC2C)c1. The van der Waals surface area contributed by atoms with Crippen molar-refractivity contribution in [1.82, 2.24) is 4.90 Å². The van der Waals surface area contributed by atoms with E-state index in [0.29, 0.717) is 11.6 Å². The van der Waals surface area contributed by atoms with Crippen LogP contribution < -0.4 is 10.5 Å². The van der Waals surface area contributed by atoms with Crippen LogP contribution in [0, 0.1) is 20.8 Å². The molecule has 0 aliphatic carbocycles. The number of anilines is 1. The van der Waals surface area contributed by atoms with Gasteiger partial charge in [-0.15, -0.1) is 0 Å². The first-order valence-electron chi connectivity index (χ1n) is 10.0. The van der Waals surface area contributed by atoms with Crippen LogP contribution >= 0.6 is 0 Å². The van der Waals surface area contributed by atoms with Gasteiger partial charge in [-0.2, -0.15) is 0 Å². The van der Waals surface area contributed by atoms with Gasteiger partial charge >= 0.3 is 5.63 Å². The van der Waals surface area contributed by atoms with Gasteiger partial charge in [0.15, 0.2) is 0 Å². The molecule has 0 saturated carbocycles. The van der Waals surface area contributed by atoms with Gasteiger partial charge in [0.25, 0.3) is 0 Å². The molecule has 4 heteroatoms. The highest BCUT2D eigenvalue weighted by molar-refractivity contribution is 5.84. The van der Waals surface area contributed by atoms with E-state index in [-0.39, 0.29) is 5.63 Å². The Morgan fingerprint density at radius 3 is 2.61 bits per heavy atom. The quantitative estimate of drug-likeness (QED) is 0.634. The van der Waals surface area contributed by atoms with Gasteiger partial charge in [-0.25, -0.2) is 4.79 Å². The maximum absolute atomic E-state index is 12.1. The number of nitrogens with zero attached hydrogens (tertiary/aromatic N) is 2. The third-order valence-electron chi connectivity index (χ3n) is 5.71. The van der Waals surface area contributed by atoms with E-state index in [1.54, 1.807) is 6.07 Å². The second-order valence-corrected chi connectivity index (χ2v) is 8.16. The van der Waals surface area contributed by atoms with Gasteiger partial charge in [0.1, 0.15) is 5.58 Å². The highest BCUT2D eigenvalue weighted by Crippen LogP contribution is 2.26. The predicted octanol–water partition coefficient (Wildman–Crippen LogP) is 4.43. The Hall–Kier alpha value is -2.59. The molecule has 1 aromatic heterocycles. The molecule has 0 spiro atoms. The van der Waals surface area contributed by atoms with E-state index in [0.717, 1.165) is 42.7 Å². The molecule has 146 valence electrons. The Balaban J connectivity index is 1.57. The van der Waals surface area contributed by atoms with Crippen molar-refractivity contribution in [2.45, 2.75) is 40.3 Å². The number of hydrogen-bond donors (Lipinski definition) is 0. The lowest BCUT2D eigenvalue weighted by Gasteiger charge is -2.41. The molecule has 1 atom stereocenters. The summed E-state index contributed by atoms with van der Waals surface area (Å²) in [4.78, 5) is 17.0. The van der Waals surface area contributed by atoms with Crippen LogP contribution in [0.3, 0.4) is 0 Å². The maximum Gasteiger partial charge on any atom is 0.336 e. The van der Waals surface area contributed by atoms with Crippen molar-refractivity contribution in [3.63, 3.8) is 0 Å². The number of hydrogen-bond acceptors (Lipinski definition) is 4. The van der Waals surface area contributed by atoms with Crippen LogP contribution in [0.15, 0.2) is 51.7 Å². The van der Waals surface area contributed by atoms with Gasteiger partial charge in [-0.3, -0.25) is 4.90 Å². The van der Waals surface area contributed by atoms with Gasteiger partial charge in [0.2, 0.25) is 0 Å². The second-order valence-electron chi connectivity index (χ2n) is 8.16. The summed E-state index contributed by atoms with van der Waals surface area (Å²) < 4.78 is 5.48. The Kier molecular flexibility index (Phi) is 4.98. The van der Waals surface area contributed by atoms with Crippen molar-refractivity contribution in [3.8, 4) is 0 Å². The Morgan fingerprint density at radius 1 is 1.04 bits per heavy atom. The number of piperazine rings is 1. The van der Waals surface area contributed by atoms with Crippen molar-refractivity contribution >= 4 is 16.7 Å². The fourth-order valence-corrected chi connectivity index (χ4v) is 4.51. The van der Waals surface area contributed by atoms with E-state index < -0.39 is 0 Å². The van der Waals surface area contributed by atoms with Gasteiger partial charge in [-0.1, -0.05) is 18.2 Å². The fourth-order valence-electron chi connectivity index (χ4n) is 4.51. The largest absolute Gasteiger partial charge is 0.423 e. The summed E-state index contributed by atoms with van der Waals surface area (Å²) in [5.74, 6) is 0. The van der Waals surface area contributed by atoms with Crippen LogP contribution in [-0.4, -0.2) is 30.6 Å². The Bertz CT molecular complexity index is 1070. The number of aryl methyl sites for hydroxylation is 3. The summed E-state index contributed by atoms with van der Waals surface area (Å²) >= 11 is 0. The molecule has 1 unspecified atom stereocenters. The van der Waals surface area contributed by atoms with E-state index in [1.165, 1.54) is 16.8 Å². The van der Waals surface area contributed by atoms with Gasteiger partial charge in [0.05, 0.1) is 0 Å².